The first-order chi connectivity index (χ1) is 17.3. The molecule has 0 aliphatic heterocycles. The highest BCUT2D eigenvalue weighted by molar-refractivity contribution is 6.20. The lowest BCUT2D eigenvalue weighted by Gasteiger charge is -2.13. The fraction of sp³-hybridized carbons (Fsp3) is 0.125. The van der Waals surface area contributed by atoms with Gasteiger partial charge in [-0.3, -0.25) is 0 Å². The summed E-state index contributed by atoms with van der Waals surface area (Å²) in [4.78, 5) is 13.3. The molecule has 0 bridgehead atoms. The summed E-state index contributed by atoms with van der Waals surface area (Å²) < 4.78 is 40.4. The highest BCUT2D eigenvalue weighted by Gasteiger charge is 2.27. The van der Waals surface area contributed by atoms with E-state index < -0.39 is 5.57 Å². The number of alkyl halides is 3. The predicted molar refractivity (Wildman–Crippen MR) is 141 cm³/mol. The molecule has 0 radical (unpaired) electrons. The van der Waals surface area contributed by atoms with Gasteiger partial charge >= 0.3 is 5.57 Å². The number of ether oxygens (including phenoxy) is 3. The van der Waals surface area contributed by atoms with Gasteiger partial charge in [0, 0.05) is 28.7 Å². The van der Waals surface area contributed by atoms with Crippen molar-refractivity contribution in [1.29, 1.82) is 0 Å². The van der Waals surface area contributed by atoms with E-state index in [1.165, 1.54) is 24.3 Å². The number of rotatable bonds is 10. The van der Waals surface area contributed by atoms with Crippen LogP contribution in [0.4, 0.5) is 43.7 Å². The van der Waals surface area contributed by atoms with Crippen LogP contribution in [0, 0.1) is 0 Å². The molecule has 3 aromatic carbocycles. The molecular weight excluding hydrogens is 529 g/mol. The first-order valence-electron chi connectivity index (χ1n) is 10.5. The molecule has 0 saturated heterocycles. The first-order valence-corrected chi connectivity index (χ1v) is 10.9. The van der Waals surface area contributed by atoms with Crippen molar-refractivity contribution in [2.45, 2.75) is 5.57 Å². The molecule has 4 aromatic rings. The van der Waals surface area contributed by atoms with Gasteiger partial charge in [0.15, 0.2) is 0 Å². The minimum Gasteiger partial charge on any atom is -0.497 e. The Kier molecular flexibility index (Phi) is 9.10. The number of hydrogen-bond donors (Lipinski definition) is 3. The molecule has 0 amide bonds. The lowest BCUT2D eigenvalue weighted by Crippen LogP contribution is -2.15. The average Bonchev–Trinajstić information content (AvgIpc) is 2.85. The third kappa shape index (κ3) is 8.23. The number of methoxy groups -OCH3 is 2. The van der Waals surface area contributed by atoms with Crippen LogP contribution in [0.15, 0.2) is 72.8 Å². The van der Waals surface area contributed by atoms with Crippen LogP contribution < -0.4 is 30.2 Å². The molecule has 37 heavy (non-hydrogen) atoms. The van der Waals surface area contributed by atoms with Crippen LogP contribution in [0.2, 0.25) is 0 Å². The van der Waals surface area contributed by atoms with Gasteiger partial charge in [-0.15, -0.1) is 21.2 Å². The predicted octanol–water partition coefficient (Wildman–Crippen LogP) is 6.71. The van der Waals surface area contributed by atoms with Crippen LogP contribution >= 0.6 is 24.0 Å². The maximum absolute atomic E-state index is 12.9. The minimum atomic E-state index is -3.80. The Hall–Kier alpha value is -4.09. The summed E-state index contributed by atoms with van der Waals surface area (Å²) >= 11 is 4.81. The molecule has 3 N–H and O–H groups in total. The van der Waals surface area contributed by atoms with Crippen molar-refractivity contribution < 1.29 is 23.0 Å². The number of hydrogen-bond acceptors (Lipinski definition) is 9. The summed E-state index contributed by atoms with van der Waals surface area (Å²) in [5.74, 6) is 2.04. The molecule has 0 atom stereocenters. The molecule has 13 heteroatoms. The van der Waals surface area contributed by atoms with Gasteiger partial charge in [-0.25, -0.2) is 0 Å². The Morgan fingerprint density at radius 1 is 0.595 bits per heavy atom. The summed E-state index contributed by atoms with van der Waals surface area (Å²) in [5, 5.41) is 9.27. The lowest BCUT2D eigenvalue weighted by molar-refractivity contribution is -0.0964. The van der Waals surface area contributed by atoms with E-state index in [0.717, 1.165) is 11.4 Å². The third-order valence-electron chi connectivity index (χ3n) is 4.67. The second-order valence-corrected chi connectivity index (χ2v) is 7.65. The Morgan fingerprint density at radius 2 is 0.892 bits per heavy atom. The van der Waals surface area contributed by atoms with Gasteiger partial charge in [0.2, 0.25) is 17.8 Å². The molecule has 1 heterocycles. The van der Waals surface area contributed by atoms with Gasteiger partial charge < -0.3 is 30.2 Å². The summed E-state index contributed by atoms with van der Waals surface area (Å²) in [6.07, 6.45) is 0. The van der Waals surface area contributed by atoms with Crippen molar-refractivity contribution in [2.75, 3.05) is 30.2 Å². The van der Waals surface area contributed by atoms with Crippen molar-refractivity contribution in [3.63, 3.8) is 0 Å². The van der Waals surface area contributed by atoms with Crippen molar-refractivity contribution >= 4 is 58.9 Å². The smallest absolute Gasteiger partial charge is 0.487 e. The van der Waals surface area contributed by atoms with Crippen LogP contribution in [0.3, 0.4) is 0 Å². The summed E-state index contributed by atoms with van der Waals surface area (Å²) in [7, 11) is 3.17. The van der Waals surface area contributed by atoms with E-state index in [0.29, 0.717) is 17.2 Å². The summed E-state index contributed by atoms with van der Waals surface area (Å²) in [6, 6.07) is 20.2. The monoisotopic (exact) mass is 550 g/mol. The Morgan fingerprint density at radius 3 is 1.16 bits per heavy atom. The topological polar surface area (TPSA) is 102 Å². The van der Waals surface area contributed by atoms with E-state index in [1.807, 2.05) is 24.3 Å². The number of nitrogens with zero attached hydrogens (tertiary/aromatic N) is 3. The molecule has 0 fully saturated rings. The molecule has 0 aliphatic carbocycles. The van der Waals surface area contributed by atoms with E-state index in [1.54, 1.807) is 38.5 Å². The van der Waals surface area contributed by atoms with Crippen LogP contribution in [0.25, 0.3) is 0 Å². The van der Waals surface area contributed by atoms with Crippen LogP contribution in [-0.4, -0.2) is 34.7 Å². The normalized spacial score (nSPS) is 10.6. The second-order valence-electron chi connectivity index (χ2n) is 7.21. The van der Waals surface area contributed by atoms with Gasteiger partial charge in [-0.1, -0.05) is 0 Å². The van der Waals surface area contributed by atoms with E-state index in [4.69, 9.17) is 21.1 Å². The summed E-state index contributed by atoms with van der Waals surface area (Å²) in [5.41, 5.74) is -1.82. The number of aromatic nitrogens is 3. The number of anilines is 6. The van der Waals surface area contributed by atoms with Crippen molar-refractivity contribution in [1.82, 2.24) is 15.0 Å². The molecule has 4 rings (SSSR count). The zero-order chi connectivity index (χ0) is 25.5. The number of benzene rings is 3. The Bertz CT molecular complexity index is 1220. The second kappa shape index (κ2) is 12.2. The molecule has 9 nitrogen and oxygen atoms in total. The maximum atomic E-state index is 12.9. The van der Waals surface area contributed by atoms with Gasteiger partial charge in [0.25, 0.3) is 0 Å². The van der Waals surface area contributed by atoms with Gasteiger partial charge in [0.05, 0.1) is 14.2 Å². The van der Waals surface area contributed by atoms with Gasteiger partial charge in [-0.05, 0) is 72.8 Å². The largest absolute Gasteiger partial charge is 0.497 e. The van der Waals surface area contributed by atoms with E-state index in [-0.39, 0.29) is 36.0 Å². The fourth-order valence-electron chi connectivity index (χ4n) is 3.02. The molecule has 194 valence electrons. The van der Waals surface area contributed by atoms with Crippen molar-refractivity contribution in [2.24, 2.45) is 0 Å². The van der Waals surface area contributed by atoms with Crippen LogP contribution in [0.1, 0.15) is 0 Å². The lowest BCUT2D eigenvalue weighted by atomic mass is 10.3. The van der Waals surface area contributed by atoms with Crippen LogP contribution in [0.5, 0.6) is 17.2 Å². The molecule has 1 aromatic heterocycles. The van der Waals surface area contributed by atoms with Gasteiger partial charge in [-0.2, -0.15) is 15.0 Å². The molecule has 0 saturated carbocycles. The quantitative estimate of drug-likeness (QED) is 0.186. The number of halogens is 4. The van der Waals surface area contributed by atoms with Crippen LogP contribution in [-0.2, 0) is 0 Å². The first kappa shape index (κ1) is 27.5. The van der Waals surface area contributed by atoms with Crippen molar-refractivity contribution in [3.05, 3.63) is 72.8 Å². The molecule has 0 aliphatic rings. The minimum absolute atomic E-state index is 0. The fourth-order valence-corrected chi connectivity index (χ4v) is 3.11. The highest BCUT2D eigenvalue weighted by Crippen LogP contribution is 2.27. The highest BCUT2D eigenvalue weighted by atomic mass is 35.5. The maximum Gasteiger partial charge on any atom is 0.487 e. The molecule has 0 spiro atoms. The standard InChI is InChI=1S/C24H21ClF2N6O3.ClH/c1-34-18-9-3-15(4-10-18)28-21-31-22(29-16-5-11-19(35-2)12-6-16)33-23(32-21)30-17-7-13-20(14-8-17)36-24(25,26)27;/h3-14H,1-2H3,(H3,28,29,30,31,32,33);1H. The van der Waals surface area contributed by atoms with E-state index in [9.17, 15) is 8.78 Å². The van der Waals surface area contributed by atoms with Crippen molar-refractivity contribution in [3.8, 4) is 17.2 Å². The SMILES string of the molecule is COc1ccc(Nc2nc(Nc3ccc(OC)cc3)nc(Nc3ccc(OC(F)(F)Cl)cc3)n2)cc1.Cl. The zero-order valence-corrected chi connectivity index (χ0v) is 21.1. The Labute approximate surface area is 222 Å². The average molecular weight is 551 g/mol. The number of nitrogens with one attached hydrogen (secondary N) is 3. The third-order valence-corrected chi connectivity index (χ3v) is 4.75. The zero-order valence-electron chi connectivity index (χ0n) is 19.5. The molecule has 0 unspecified atom stereocenters. The van der Waals surface area contributed by atoms with E-state index in [2.05, 4.69) is 35.6 Å². The Balaban J connectivity index is 0.00000380. The van der Waals surface area contributed by atoms with Gasteiger partial charge in [0.1, 0.15) is 17.2 Å². The van der Waals surface area contributed by atoms with E-state index >= 15 is 0 Å². The summed E-state index contributed by atoms with van der Waals surface area (Å²) in [6.45, 7) is 0. The molecular formula is C24H22Cl2F2N6O3.